The van der Waals surface area contributed by atoms with E-state index >= 15 is 0 Å². The monoisotopic (exact) mass is 262 g/mol. The average Bonchev–Trinajstić information content (AvgIpc) is 2.83. The van der Waals surface area contributed by atoms with E-state index in [9.17, 15) is 4.79 Å². The highest BCUT2D eigenvalue weighted by Gasteiger charge is 2.08. The third-order valence-corrected chi connectivity index (χ3v) is 3.38. The zero-order valence-corrected chi connectivity index (χ0v) is 11.1. The van der Waals surface area contributed by atoms with Gasteiger partial charge in [0, 0.05) is 17.6 Å². The predicted molar refractivity (Wildman–Crippen MR) is 71.0 cm³/mol. The SMILES string of the molecule is COc1ccc(CNC(=O)c2nc(C)cs2)cc1. The molecule has 0 saturated heterocycles. The second-order valence-corrected chi connectivity index (χ2v) is 4.68. The number of aryl methyl sites for hydroxylation is 1. The number of carbonyl (C=O) groups excluding carboxylic acids is 1. The van der Waals surface area contributed by atoms with Gasteiger partial charge in [-0.3, -0.25) is 4.79 Å². The first-order valence-corrected chi connectivity index (χ1v) is 6.40. The standard InChI is InChI=1S/C13H14N2O2S/c1-9-8-18-13(15-9)12(16)14-7-10-3-5-11(17-2)6-4-10/h3-6,8H,7H2,1-2H3,(H,14,16). The maximum atomic E-state index is 11.8. The molecule has 0 aliphatic carbocycles. The average molecular weight is 262 g/mol. The highest BCUT2D eigenvalue weighted by atomic mass is 32.1. The summed E-state index contributed by atoms with van der Waals surface area (Å²) in [6.07, 6.45) is 0. The molecule has 2 aromatic rings. The molecule has 0 fully saturated rings. The van der Waals surface area contributed by atoms with Crippen LogP contribution in [0, 0.1) is 6.92 Å². The van der Waals surface area contributed by atoms with Gasteiger partial charge in [0.2, 0.25) is 0 Å². The Balaban J connectivity index is 1.92. The van der Waals surface area contributed by atoms with Gasteiger partial charge in [-0.1, -0.05) is 12.1 Å². The van der Waals surface area contributed by atoms with Crippen molar-refractivity contribution < 1.29 is 9.53 Å². The summed E-state index contributed by atoms with van der Waals surface area (Å²) < 4.78 is 5.07. The summed E-state index contributed by atoms with van der Waals surface area (Å²) in [6.45, 7) is 2.36. The molecular formula is C13H14N2O2S. The lowest BCUT2D eigenvalue weighted by atomic mass is 10.2. The minimum atomic E-state index is -0.135. The first-order valence-electron chi connectivity index (χ1n) is 5.52. The highest BCUT2D eigenvalue weighted by Crippen LogP contribution is 2.12. The van der Waals surface area contributed by atoms with Gasteiger partial charge in [0.15, 0.2) is 5.01 Å². The molecule has 0 spiro atoms. The summed E-state index contributed by atoms with van der Waals surface area (Å²) in [4.78, 5) is 15.9. The zero-order chi connectivity index (χ0) is 13.0. The molecule has 1 aromatic carbocycles. The van der Waals surface area contributed by atoms with Gasteiger partial charge in [0.05, 0.1) is 7.11 Å². The number of rotatable bonds is 4. The second kappa shape index (κ2) is 5.64. The maximum Gasteiger partial charge on any atom is 0.280 e. The topological polar surface area (TPSA) is 51.2 Å². The summed E-state index contributed by atoms with van der Waals surface area (Å²) in [5, 5.41) is 5.20. The van der Waals surface area contributed by atoms with Crippen LogP contribution >= 0.6 is 11.3 Å². The van der Waals surface area contributed by atoms with Gasteiger partial charge in [-0.05, 0) is 24.6 Å². The molecule has 2 rings (SSSR count). The highest BCUT2D eigenvalue weighted by molar-refractivity contribution is 7.11. The lowest BCUT2D eigenvalue weighted by molar-refractivity contribution is 0.0950. The molecule has 0 bridgehead atoms. The van der Waals surface area contributed by atoms with Crippen molar-refractivity contribution in [2.24, 2.45) is 0 Å². The minimum absolute atomic E-state index is 0.135. The van der Waals surface area contributed by atoms with Crippen LogP contribution in [-0.2, 0) is 6.54 Å². The molecule has 18 heavy (non-hydrogen) atoms. The van der Waals surface area contributed by atoms with Crippen LogP contribution in [0.5, 0.6) is 5.75 Å². The molecule has 0 aliphatic rings. The molecule has 5 heteroatoms. The Morgan fingerprint density at radius 1 is 1.39 bits per heavy atom. The van der Waals surface area contributed by atoms with E-state index in [1.54, 1.807) is 7.11 Å². The molecule has 1 heterocycles. The Labute approximate surface area is 110 Å². The first kappa shape index (κ1) is 12.6. The molecule has 0 radical (unpaired) electrons. The van der Waals surface area contributed by atoms with Crippen molar-refractivity contribution in [2.45, 2.75) is 13.5 Å². The summed E-state index contributed by atoms with van der Waals surface area (Å²) in [5.41, 5.74) is 1.90. The van der Waals surface area contributed by atoms with E-state index < -0.39 is 0 Å². The second-order valence-electron chi connectivity index (χ2n) is 3.82. The third-order valence-electron chi connectivity index (χ3n) is 2.43. The molecule has 0 atom stereocenters. The van der Waals surface area contributed by atoms with Crippen molar-refractivity contribution in [3.05, 3.63) is 45.9 Å². The number of hydrogen-bond acceptors (Lipinski definition) is 4. The van der Waals surface area contributed by atoms with E-state index in [1.807, 2.05) is 36.6 Å². The first-order chi connectivity index (χ1) is 8.69. The van der Waals surface area contributed by atoms with Crippen LogP contribution < -0.4 is 10.1 Å². The van der Waals surface area contributed by atoms with Crippen molar-refractivity contribution in [2.75, 3.05) is 7.11 Å². The number of hydrogen-bond donors (Lipinski definition) is 1. The number of ether oxygens (including phenoxy) is 1. The molecule has 0 aliphatic heterocycles. The van der Waals surface area contributed by atoms with E-state index in [4.69, 9.17) is 4.74 Å². The van der Waals surface area contributed by atoms with E-state index in [1.165, 1.54) is 11.3 Å². The van der Waals surface area contributed by atoms with Crippen LogP contribution in [0.4, 0.5) is 0 Å². The van der Waals surface area contributed by atoms with E-state index in [0.717, 1.165) is 17.0 Å². The van der Waals surface area contributed by atoms with Crippen LogP contribution in [0.15, 0.2) is 29.6 Å². The van der Waals surface area contributed by atoms with Crippen molar-refractivity contribution in [1.82, 2.24) is 10.3 Å². The van der Waals surface area contributed by atoms with Crippen molar-refractivity contribution in [1.29, 1.82) is 0 Å². The maximum absolute atomic E-state index is 11.8. The Morgan fingerprint density at radius 2 is 2.11 bits per heavy atom. The van der Waals surface area contributed by atoms with Crippen molar-refractivity contribution >= 4 is 17.2 Å². The van der Waals surface area contributed by atoms with Crippen LogP contribution in [0.2, 0.25) is 0 Å². The Morgan fingerprint density at radius 3 is 2.67 bits per heavy atom. The van der Waals surface area contributed by atoms with Crippen molar-refractivity contribution in [3.8, 4) is 5.75 Å². The molecule has 1 aromatic heterocycles. The fourth-order valence-corrected chi connectivity index (χ4v) is 2.17. The summed E-state index contributed by atoms with van der Waals surface area (Å²) >= 11 is 1.36. The molecule has 1 N–H and O–H groups in total. The van der Waals surface area contributed by atoms with Gasteiger partial charge in [-0.15, -0.1) is 11.3 Å². The number of methoxy groups -OCH3 is 1. The Kier molecular flexibility index (Phi) is 3.94. The van der Waals surface area contributed by atoms with Crippen LogP contribution in [0.25, 0.3) is 0 Å². The van der Waals surface area contributed by atoms with E-state index in [-0.39, 0.29) is 5.91 Å². The van der Waals surface area contributed by atoms with Gasteiger partial charge in [0.25, 0.3) is 5.91 Å². The van der Waals surface area contributed by atoms with Gasteiger partial charge in [-0.2, -0.15) is 0 Å². The number of aromatic nitrogens is 1. The number of benzene rings is 1. The number of thiazole rings is 1. The lowest BCUT2D eigenvalue weighted by Crippen LogP contribution is -2.22. The zero-order valence-electron chi connectivity index (χ0n) is 10.3. The van der Waals surface area contributed by atoms with E-state index in [0.29, 0.717) is 11.6 Å². The van der Waals surface area contributed by atoms with E-state index in [2.05, 4.69) is 10.3 Å². The molecule has 0 saturated carbocycles. The van der Waals surface area contributed by atoms with Gasteiger partial charge >= 0.3 is 0 Å². The molecular weight excluding hydrogens is 248 g/mol. The molecule has 1 amide bonds. The normalized spacial score (nSPS) is 10.1. The minimum Gasteiger partial charge on any atom is -0.497 e. The molecule has 94 valence electrons. The quantitative estimate of drug-likeness (QED) is 0.920. The molecule has 4 nitrogen and oxygen atoms in total. The fraction of sp³-hybridized carbons (Fsp3) is 0.231. The van der Waals surface area contributed by atoms with Gasteiger partial charge < -0.3 is 10.1 Å². The molecule has 0 unspecified atom stereocenters. The fourth-order valence-electron chi connectivity index (χ4n) is 1.46. The lowest BCUT2D eigenvalue weighted by Gasteiger charge is -2.04. The Bertz CT molecular complexity index is 534. The summed E-state index contributed by atoms with van der Waals surface area (Å²) in [7, 11) is 1.63. The van der Waals surface area contributed by atoms with Crippen molar-refractivity contribution in [3.63, 3.8) is 0 Å². The third kappa shape index (κ3) is 3.07. The number of nitrogens with zero attached hydrogens (tertiary/aromatic N) is 1. The van der Waals surface area contributed by atoms with Crippen LogP contribution in [0.1, 0.15) is 21.1 Å². The Hall–Kier alpha value is -1.88. The van der Waals surface area contributed by atoms with Gasteiger partial charge in [0.1, 0.15) is 5.75 Å². The number of nitrogens with one attached hydrogen (secondary N) is 1. The van der Waals surface area contributed by atoms with Crippen LogP contribution in [0.3, 0.4) is 0 Å². The van der Waals surface area contributed by atoms with Gasteiger partial charge in [-0.25, -0.2) is 4.98 Å². The number of carbonyl (C=O) groups is 1. The number of amides is 1. The smallest absolute Gasteiger partial charge is 0.280 e. The predicted octanol–water partition coefficient (Wildman–Crippen LogP) is 2.39. The van der Waals surface area contributed by atoms with Crippen LogP contribution in [-0.4, -0.2) is 18.0 Å². The summed E-state index contributed by atoms with van der Waals surface area (Å²) in [6, 6.07) is 7.59. The summed E-state index contributed by atoms with van der Waals surface area (Å²) in [5.74, 6) is 0.671. The largest absolute Gasteiger partial charge is 0.497 e.